The fourth-order valence-electron chi connectivity index (χ4n) is 3.02. The predicted molar refractivity (Wildman–Crippen MR) is 98.6 cm³/mol. The number of hydrogen-bond donors (Lipinski definition) is 2. The molecule has 2 heterocycles. The van der Waals surface area contributed by atoms with Crippen molar-refractivity contribution in [2.45, 2.75) is 30.4 Å². The van der Waals surface area contributed by atoms with E-state index in [4.69, 9.17) is 0 Å². The summed E-state index contributed by atoms with van der Waals surface area (Å²) < 4.78 is 91.5. The normalized spacial score (nSPS) is 15.2. The van der Waals surface area contributed by atoms with Gasteiger partial charge in [0.15, 0.2) is 5.82 Å². The van der Waals surface area contributed by atoms with Gasteiger partial charge < -0.3 is 9.29 Å². The molecular weight excluding hydrogens is 463 g/mol. The summed E-state index contributed by atoms with van der Waals surface area (Å²) in [4.78, 5) is 7.43. The molecule has 2 atom stereocenters. The van der Waals surface area contributed by atoms with Gasteiger partial charge in [0.1, 0.15) is 23.6 Å². The van der Waals surface area contributed by atoms with E-state index in [0.717, 1.165) is 30.5 Å². The van der Waals surface area contributed by atoms with Crippen molar-refractivity contribution >= 4 is 10.1 Å². The second-order valence-corrected chi connectivity index (χ2v) is 8.31. The van der Waals surface area contributed by atoms with Gasteiger partial charge in [-0.15, -0.1) is 0 Å². The number of aromatic nitrogens is 4. The summed E-state index contributed by atoms with van der Waals surface area (Å²) in [6.07, 6.45) is 1.88. The van der Waals surface area contributed by atoms with E-state index in [0.29, 0.717) is 6.07 Å². The highest BCUT2D eigenvalue weighted by molar-refractivity contribution is 7.87. The molecule has 0 aliphatic heterocycles. The predicted octanol–water partition coefficient (Wildman–Crippen LogP) is 2.94. The Morgan fingerprint density at radius 3 is 2.41 bits per heavy atom. The lowest BCUT2D eigenvalue weighted by Gasteiger charge is -2.34. The van der Waals surface area contributed by atoms with Gasteiger partial charge in [-0.3, -0.25) is 5.10 Å². The summed E-state index contributed by atoms with van der Waals surface area (Å²) in [7, 11) is -5.92. The highest BCUT2D eigenvalue weighted by Gasteiger charge is 2.49. The maximum atomic E-state index is 14.6. The zero-order valence-electron chi connectivity index (χ0n) is 16.1. The molecule has 14 heteroatoms. The first kappa shape index (κ1) is 23.5. The number of aromatic amines is 1. The zero-order chi connectivity index (χ0) is 23.7. The highest BCUT2D eigenvalue weighted by Crippen LogP contribution is 2.40. The van der Waals surface area contributed by atoms with Crippen LogP contribution in [0.3, 0.4) is 0 Å². The van der Waals surface area contributed by atoms with Crippen LogP contribution < -0.4 is 4.18 Å². The molecule has 8 nitrogen and oxygen atoms in total. The number of alkyl halides is 3. The van der Waals surface area contributed by atoms with Crippen molar-refractivity contribution in [2.75, 3.05) is 0 Å². The summed E-state index contributed by atoms with van der Waals surface area (Å²) >= 11 is 0. The summed E-state index contributed by atoms with van der Waals surface area (Å²) in [5, 5.41) is 17.7. The molecule has 1 aromatic carbocycles. The molecule has 2 aromatic heterocycles. The Bertz CT molecular complexity index is 1190. The van der Waals surface area contributed by atoms with E-state index in [1.54, 1.807) is 0 Å². The van der Waals surface area contributed by atoms with Crippen molar-refractivity contribution in [2.24, 2.45) is 0 Å². The molecular formula is C18H15F5N4O4S. The van der Waals surface area contributed by atoms with Crippen molar-refractivity contribution in [1.29, 1.82) is 0 Å². The fraction of sp³-hybridized carbons (Fsp3) is 0.278. The number of aliphatic hydroxyl groups is 1. The maximum absolute atomic E-state index is 14.6. The van der Waals surface area contributed by atoms with Gasteiger partial charge in [0, 0.05) is 36.2 Å². The first-order chi connectivity index (χ1) is 14.8. The van der Waals surface area contributed by atoms with Crippen LogP contribution >= 0.6 is 0 Å². The topological polar surface area (TPSA) is 118 Å². The lowest BCUT2D eigenvalue weighted by atomic mass is 9.76. The molecule has 0 unspecified atom stereocenters. The van der Waals surface area contributed by atoms with E-state index in [2.05, 4.69) is 24.3 Å². The minimum atomic E-state index is -5.92. The Hall–Kier alpha value is -3.13. The fourth-order valence-corrected chi connectivity index (χ4v) is 3.43. The second kappa shape index (κ2) is 8.43. The molecule has 0 bridgehead atoms. The van der Waals surface area contributed by atoms with Crippen LogP contribution in [0.25, 0.3) is 0 Å². The van der Waals surface area contributed by atoms with Crippen LogP contribution in [-0.4, -0.2) is 39.2 Å². The SMILES string of the molecule is C[C@H](c1ccc(OS(=O)(=O)C(F)(F)F)nc1)[C@@](O)(Cc1nc[nH]n1)c1ccc(F)cc1F. The zero-order valence-corrected chi connectivity index (χ0v) is 17.0. The van der Waals surface area contributed by atoms with Crippen molar-refractivity contribution in [3.63, 3.8) is 0 Å². The van der Waals surface area contributed by atoms with Crippen molar-refractivity contribution < 1.29 is 39.7 Å². The Balaban J connectivity index is 1.97. The van der Waals surface area contributed by atoms with E-state index in [9.17, 15) is 35.5 Å². The molecule has 0 amide bonds. The monoisotopic (exact) mass is 478 g/mol. The maximum Gasteiger partial charge on any atom is 0.534 e. The third kappa shape index (κ3) is 4.70. The van der Waals surface area contributed by atoms with E-state index in [-0.39, 0.29) is 23.4 Å². The second-order valence-electron chi connectivity index (χ2n) is 6.78. The summed E-state index contributed by atoms with van der Waals surface area (Å²) in [5.41, 5.74) is -7.78. The van der Waals surface area contributed by atoms with Gasteiger partial charge in [0.25, 0.3) is 0 Å². The van der Waals surface area contributed by atoms with E-state index in [1.807, 2.05) is 0 Å². The van der Waals surface area contributed by atoms with Crippen LogP contribution in [0.1, 0.15) is 29.8 Å². The molecule has 0 aliphatic carbocycles. The Morgan fingerprint density at radius 2 is 1.88 bits per heavy atom. The van der Waals surface area contributed by atoms with Crippen LogP contribution in [0.5, 0.6) is 5.88 Å². The lowest BCUT2D eigenvalue weighted by Crippen LogP contribution is -2.36. The number of pyridine rings is 1. The average Bonchev–Trinajstić information content (AvgIpc) is 3.19. The molecule has 0 saturated carbocycles. The number of halogens is 5. The third-order valence-corrected chi connectivity index (χ3v) is 5.70. The summed E-state index contributed by atoms with van der Waals surface area (Å²) in [6, 6.07) is 4.59. The van der Waals surface area contributed by atoms with Gasteiger partial charge in [-0.05, 0) is 11.6 Å². The Kier molecular flexibility index (Phi) is 6.20. The van der Waals surface area contributed by atoms with Crippen LogP contribution in [-0.2, 0) is 22.1 Å². The molecule has 3 aromatic rings. The largest absolute Gasteiger partial charge is 0.534 e. The van der Waals surface area contributed by atoms with Crippen LogP contribution in [0.2, 0.25) is 0 Å². The molecule has 0 aliphatic rings. The van der Waals surface area contributed by atoms with Gasteiger partial charge in [-0.2, -0.15) is 26.7 Å². The Labute approximate surface area is 178 Å². The molecule has 32 heavy (non-hydrogen) atoms. The molecule has 0 fully saturated rings. The van der Waals surface area contributed by atoms with Gasteiger partial charge in [0.05, 0.1) is 0 Å². The number of nitrogens with zero attached hydrogens (tertiary/aromatic N) is 3. The third-order valence-electron chi connectivity index (χ3n) is 4.74. The number of rotatable bonds is 7. The summed E-state index contributed by atoms with van der Waals surface area (Å²) in [6.45, 7) is 1.46. The molecule has 0 saturated heterocycles. The smallest absolute Gasteiger partial charge is 0.384 e. The van der Waals surface area contributed by atoms with Crippen molar-refractivity contribution in [3.8, 4) is 5.88 Å². The number of hydrogen-bond acceptors (Lipinski definition) is 7. The van der Waals surface area contributed by atoms with Crippen LogP contribution in [0, 0.1) is 11.6 Å². The van der Waals surface area contributed by atoms with E-state index >= 15 is 0 Å². The number of H-pyrrole nitrogens is 1. The molecule has 0 radical (unpaired) electrons. The van der Waals surface area contributed by atoms with Crippen molar-refractivity contribution in [1.82, 2.24) is 20.2 Å². The molecule has 3 rings (SSSR count). The van der Waals surface area contributed by atoms with Crippen molar-refractivity contribution in [3.05, 3.63) is 71.4 Å². The lowest BCUT2D eigenvalue weighted by molar-refractivity contribution is -0.0501. The molecule has 0 spiro atoms. The van der Waals surface area contributed by atoms with Gasteiger partial charge >= 0.3 is 15.6 Å². The minimum Gasteiger partial charge on any atom is -0.384 e. The standard InChI is InChI=1S/C18H15F5N4O4S/c1-10(11-2-5-16(24-8-11)31-32(29,30)18(21,22)23)17(28,7-15-25-9-26-27-15)13-4-3-12(19)6-14(13)20/h2-6,8-10,28H,7H2,1H3,(H,25,26,27)/t10-,17+/m1/s1. The highest BCUT2D eigenvalue weighted by atomic mass is 32.2. The van der Waals surface area contributed by atoms with Crippen LogP contribution in [0.15, 0.2) is 42.9 Å². The van der Waals surface area contributed by atoms with E-state index in [1.165, 1.54) is 13.3 Å². The molecule has 172 valence electrons. The quantitative estimate of drug-likeness (QED) is 0.305. The number of nitrogens with one attached hydrogen (secondary N) is 1. The Morgan fingerprint density at radius 1 is 1.16 bits per heavy atom. The first-order valence-corrected chi connectivity index (χ1v) is 10.2. The number of benzene rings is 1. The van der Waals surface area contributed by atoms with Crippen LogP contribution in [0.4, 0.5) is 22.0 Å². The van der Waals surface area contributed by atoms with Gasteiger partial charge in [-0.1, -0.05) is 19.1 Å². The van der Waals surface area contributed by atoms with Gasteiger partial charge in [-0.25, -0.2) is 18.7 Å². The summed E-state index contributed by atoms with van der Waals surface area (Å²) in [5.74, 6) is -3.65. The minimum absolute atomic E-state index is 0.104. The molecule has 2 N–H and O–H groups in total. The average molecular weight is 478 g/mol. The van der Waals surface area contributed by atoms with E-state index < -0.39 is 44.7 Å². The van der Waals surface area contributed by atoms with Gasteiger partial charge in [0.2, 0.25) is 5.88 Å². The first-order valence-electron chi connectivity index (χ1n) is 8.83.